The van der Waals surface area contributed by atoms with Gasteiger partial charge >= 0.3 is 0 Å². The zero-order chi connectivity index (χ0) is 17.2. The van der Waals surface area contributed by atoms with Gasteiger partial charge in [0.25, 0.3) is 8.32 Å². The lowest BCUT2D eigenvalue weighted by molar-refractivity contribution is 0.0804. The fourth-order valence-electron chi connectivity index (χ4n) is 3.74. The Bertz CT molecular complexity index is 664. The van der Waals surface area contributed by atoms with Gasteiger partial charge in [-0.2, -0.15) is 0 Å². The molecule has 0 saturated heterocycles. The molecule has 1 aliphatic rings. The summed E-state index contributed by atoms with van der Waals surface area (Å²) < 4.78 is 6.99. The second-order valence-corrected chi connectivity index (χ2v) is 12.0. The molecule has 2 heteroatoms. The van der Waals surface area contributed by atoms with Crippen molar-refractivity contribution in [3.63, 3.8) is 0 Å². The van der Waals surface area contributed by atoms with E-state index in [0.29, 0.717) is 5.92 Å². The van der Waals surface area contributed by atoms with Gasteiger partial charge in [0.1, 0.15) is 0 Å². The highest BCUT2D eigenvalue weighted by Gasteiger charge is 2.52. The van der Waals surface area contributed by atoms with Crippen LogP contribution in [0.3, 0.4) is 0 Å². The van der Waals surface area contributed by atoms with Crippen molar-refractivity contribution in [2.45, 2.75) is 44.8 Å². The largest absolute Gasteiger partial charge is 0.404 e. The van der Waals surface area contributed by atoms with Crippen LogP contribution in [-0.4, -0.2) is 14.4 Å². The Labute approximate surface area is 147 Å². The smallest absolute Gasteiger partial charge is 0.261 e. The Morgan fingerprint density at radius 3 is 1.75 bits per heavy atom. The monoisotopic (exact) mass is 334 g/mol. The number of hydrogen-bond acceptors (Lipinski definition) is 1. The highest BCUT2D eigenvalue weighted by atomic mass is 28.4. The highest BCUT2D eigenvalue weighted by molar-refractivity contribution is 6.99. The fourth-order valence-corrected chi connectivity index (χ4v) is 8.45. The van der Waals surface area contributed by atoms with Crippen molar-refractivity contribution in [1.82, 2.24) is 0 Å². The number of benzene rings is 2. The van der Waals surface area contributed by atoms with E-state index < -0.39 is 8.32 Å². The van der Waals surface area contributed by atoms with Crippen LogP contribution in [-0.2, 0) is 4.43 Å². The zero-order valence-corrected chi connectivity index (χ0v) is 15.8. The summed E-state index contributed by atoms with van der Waals surface area (Å²) in [7, 11) is -2.39. The quantitative estimate of drug-likeness (QED) is 0.607. The normalized spacial score (nSPS) is 20.9. The molecule has 1 fully saturated rings. The lowest BCUT2D eigenvalue weighted by Crippen LogP contribution is -2.68. The highest BCUT2D eigenvalue weighted by Crippen LogP contribution is 2.41. The van der Waals surface area contributed by atoms with Crippen LogP contribution in [0.1, 0.15) is 33.6 Å². The van der Waals surface area contributed by atoms with Crippen molar-refractivity contribution in [3.05, 3.63) is 60.7 Å². The van der Waals surface area contributed by atoms with E-state index in [1.165, 1.54) is 10.4 Å². The van der Waals surface area contributed by atoms with Crippen LogP contribution in [0.5, 0.6) is 0 Å². The number of rotatable bonds is 4. The van der Waals surface area contributed by atoms with Gasteiger partial charge in [-0.25, -0.2) is 0 Å². The van der Waals surface area contributed by atoms with Crippen LogP contribution in [0, 0.1) is 18.3 Å². The summed E-state index contributed by atoms with van der Waals surface area (Å²) in [6.07, 6.45) is 7.82. The average molecular weight is 335 g/mol. The SMILES string of the molecule is C#C[C@H]1C[C@@H](O[Si](c2ccccc2)(c2ccccc2)C(C)(C)C)C1. The van der Waals surface area contributed by atoms with E-state index in [9.17, 15) is 0 Å². The van der Waals surface area contributed by atoms with Crippen LogP contribution >= 0.6 is 0 Å². The summed E-state index contributed by atoms with van der Waals surface area (Å²) in [4.78, 5) is 0. The van der Waals surface area contributed by atoms with Gasteiger partial charge in [-0.05, 0) is 28.3 Å². The Morgan fingerprint density at radius 2 is 1.38 bits per heavy atom. The van der Waals surface area contributed by atoms with Crippen LogP contribution in [0.4, 0.5) is 0 Å². The first-order valence-electron chi connectivity index (χ1n) is 8.72. The molecule has 124 valence electrons. The maximum Gasteiger partial charge on any atom is 0.261 e. The van der Waals surface area contributed by atoms with Crippen LogP contribution in [0.2, 0.25) is 5.04 Å². The molecule has 0 bridgehead atoms. The van der Waals surface area contributed by atoms with Crippen molar-refractivity contribution in [1.29, 1.82) is 0 Å². The molecule has 0 unspecified atom stereocenters. The standard InChI is InChI=1S/C22H26OSi/c1-5-18-16-19(17-18)23-24(22(2,3)4,20-12-8-6-9-13-20)21-14-10-7-11-15-21/h1,6-15,18-19H,16-17H2,2-4H3/t18-,19+. The summed E-state index contributed by atoms with van der Waals surface area (Å²) in [6, 6.07) is 21.6. The number of terminal acetylenes is 1. The lowest BCUT2D eigenvalue weighted by atomic mass is 9.83. The Balaban J connectivity index is 2.10. The summed E-state index contributed by atoms with van der Waals surface area (Å²) >= 11 is 0. The van der Waals surface area contributed by atoms with Crippen LogP contribution in [0.25, 0.3) is 0 Å². The van der Waals surface area contributed by atoms with Gasteiger partial charge < -0.3 is 4.43 Å². The molecule has 0 aliphatic heterocycles. The van der Waals surface area contributed by atoms with Gasteiger partial charge in [-0.15, -0.1) is 12.3 Å². The molecule has 1 nitrogen and oxygen atoms in total. The van der Waals surface area contributed by atoms with Crippen molar-refractivity contribution in [3.8, 4) is 12.3 Å². The van der Waals surface area contributed by atoms with Crippen molar-refractivity contribution < 1.29 is 4.43 Å². The molecule has 1 saturated carbocycles. The first kappa shape index (κ1) is 17.0. The second-order valence-electron chi connectivity index (χ2n) is 7.74. The topological polar surface area (TPSA) is 9.23 Å². The maximum atomic E-state index is 6.99. The zero-order valence-electron chi connectivity index (χ0n) is 14.8. The van der Waals surface area contributed by atoms with Gasteiger partial charge in [-0.1, -0.05) is 81.4 Å². The third-order valence-electron chi connectivity index (χ3n) is 5.09. The second kappa shape index (κ2) is 6.59. The third kappa shape index (κ3) is 2.95. The van der Waals surface area contributed by atoms with E-state index in [-0.39, 0.29) is 11.1 Å². The van der Waals surface area contributed by atoms with Gasteiger partial charge in [0.05, 0.1) is 0 Å². The molecule has 0 aromatic heterocycles. The Hall–Kier alpha value is -1.82. The molecular formula is C22H26OSi. The minimum Gasteiger partial charge on any atom is -0.404 e. The third-order valence-corrected chi connectivity index (χ3v) is 10.2. The minimum absolute atomic E-state index is 0.0386. The predicted molar refractivity (Wildman–Crippen MR) is 104 cm³/mol. The Morgan fingerprint density at radius 1 is 0.917 bits per heavy atom. The molecule has 0 atom stereocenters. The van der Waals surface area contributed by atoms with E-state index in [1.807, 2.05) is 0 Å². The van der Waals surface area contributed by atoms with Gasteiger partial charge in [0.2, 0.25) is 0 Å². The molecule has 2 aromatic rings. The molecule has 0 amide bonds. The number of hydrogen-bond donors (Lipinski definition) is 0. The van der Waals surface area contributed by atoms with E-state index in [4.69, 9.17) is 10.8 Å². The van der Waals surface area contributed by atoms with Gasteiger partial charge in [-0.3, -0.25) is 0 Å². The molecule has 2 aromatic carbocycles. The van der Waals surface area contributed by atoms with E-state index in [2.05, 4.69) is 87.4 Å². The van der Waals surface area contributed by atoms with E-state index in [1.54, 1.807) is 0 Å². The molecule has 0 heterocycles. The minimum atomic E-state index is -2.39. The first-order chi connectivity index (χ1) is 11.5. The van der Waals surface area contributed by atoms with E-state index >= 15 is 0 Å². The van der Waals surface area contributed by atoms with Crippen molar-refractivity contribution in [2.24, 2.45) is 5.92 Å². The van der Waals surface area contributed by atoms with E-state index in [0.717, 1.165) is 12.8 Å². The maximum absolute atomic E-state index is 6.99. The summed E-state index contributed by atoms with van der Waals surface area (Å²) in [5.41, 5.74) is 0. The molecular weight excluding hydrogens is 308 g/mol. The molecule has 0 radical (unpaired) electrons. The lowest BCUT2D eigenvalue weighted by Gasteiger charge is -2.48. The summed E-state index contributed by atoms with van der Waals surface area (Å²) in [5, 5.41) is 2.72. The molecule has 24 heavy (non-hydrogen) atoms. The molecule has 1 aliphatic carbocycles. The first-order valence-corrected chi connectivity index (χ1v) is 10.6. The Kier molecular flexibility index (Phi) is 4.67. The molecule has 3 rings (SSSR count). The fraction of sp³-hybridized carbons (Fsp3) is 0.364. The summed E-state index contributed by atoms with van der Waals surface area (Å²) in [6.45, 7) is 6.95. The molecule has 0 N–H and O–H groups in total. The van der Waals surface area contributed by atoms with Gasteiger partial charge in [0, 0.05) is 12.0 Å². The van der Waals surface area contributed by atoms with Crippen LogP contribution in [0.15, 0.2) is 60.7 Å². The predicted octanol–water partition coefficient (Wildman–Crippen LogP) is 3.97. The van der Waals surface area contributed by atoms with Gasteiger partial charge in [0.15, 0.2) is 0 Å². The average Bonchev–Trinajstić information content (AvgIpc) is 2.54. The summed E-state index contributed by atoms with van der Waals surface area (Å²) in [5.74, 6) is 3.25. The van der Waals surface area contributed by atoms with Crippen molar-refractivity contribution >= 4 is 18.7 Å². The van der Waals surface area contributed by atoms with Crippen molar-refractivity contribution in [2.75, 3.05) is 0 Å². The molecule has 0 spiro atoms. The van der Waals surface area contributed by atoms with Crippen LogP contribution < -0.4 is 10.4 Å².